The second-order valence-corrected chi connectivity index (χ2v) is 5.70. The summed E-state index contributed by atoms with van der Waals surface area (Å²) < 4.78 is 5.02. The summed E-state index contributed by atoms with van der Waals surface area (Å²) in [5.74, 6) is -2.34. The van der Waals surface area contributed by atoms with Gasteiger partial charge in [-0.3, -0.25) is 4.79 Å². The summed E-state index contributed by atoms with van der Waals surface area (Å²) in [7, 11) is 0. The van der Waals surface area contributed by atoms with E-state index in [1.165, 1.54) is 0 Å². The summed E-state index contributed by atoms with van der Waals surface area (Å²) in [4.78, 5) is 38.8. The molecule has 0 unspecified atom stereocenters. The number of carbonyl (C=O) groups is 3. The lowest BCUT2D eigenvalue weighted by molar-refractivity contribution is -0.305. The Morgan fingerprint density at radius 1 is 1.21 bits per heavy atom. The Morgan fingerprint density at radius 3 is 2.54 bits per heavy atom. The van der Waals surface area contributed by atoms with Gasteiger partial charge in [0.05, 0.1) is 12.3 Å². The number of ether oxygens (including phenoxy) is 1. The SMILES string of the molecule is CCOC(=O)c1sc(NC(=O)CCC(=O)[O-])nc1-c1ccccc1. The number of nitrogens with zero attached hydrogens (tertiary/aromatic N) is 1. The highest BCUT2D eigenvalue weighted by Gasteiger charge is 2.21. The Balaban J connectivity index is 2.26. The van der Waals surface area contributed by atoms with Gasteiger partial charge in [-0.25, -0.2) is 9.78 Å². The molecule has 0 radical (unpaired) electrons. The number of amides is 1. The van der Waals surface area contributed by atoms with Crippen LogP contribution >= 0.6 is 11.3 Å². The molecule has 2 aromatic rings. The fourth-order valence-corrected chi connectivity index (χ4v) is 2.80. The van der Waals surface area contributed by atoms with Gasteiger partial charge in [0, 0.05) is 18.0 Å². The van der Waals surface area contributed by atoms with Crippen LogP contribution in [-0.4, -0.2) is 29.4 Å². The van der Waals surface area contributed by atoms with E-state index in [0.717, 1.165) is 11.3 Å². The summed E-state index contributed by atoms with van der Waals surface area (Å²) in [5, 5.41) is 13.1. The molecule has 2 rings (SSSR count). The Kier molecular flexibility index (Phi) is 6.02. The highest BCUT2D eigenvalue weighted by molar-refractivity contribution is 7.18. The number of carboxylic acids is 1. The molecule has 24 heavy (non-hydrogen) atoms. The molecular weight excluding hydrogens is 332 g/mol. The number of benzene rings is 1. The van der Waals surface area contributed by atoms with E-state index >= 15 is 0 Å². The van der Waals surface area contributed by atoms with Crippen molar-refractivity contribution in [2.24, 2.45) is 0 Å². The zero-order valence-corrected chi connectivity index (χ0v) is 13.7. The summed E-state index contributed by atoms with van der Waals surface area (Å²) in [5.41, 5.74) is 1.13. The molecule has 0 aliphatic heterocycles. The molecule has 1 heterocycles. The topological polar surface area (TPSA) is 108 Å². The minimum Gasteiger partial charge on any atom is -0.550 e. The molecule has 0 aliphatic carbocycles. The van der Waals surface area contributed by atoms with Crippen LogP contribution in [0.4, 0.5) is 5.13 Å². The van der Waals surface area contributed by atoms with Crippen LogP contribution in [0, 0.1) is 0 Å². The van der Waals surface area contributed by atoms with Crippen molar-refractivity contribution >= 4 is 34.3 Å². The first kappa shape index (κ1) is 17.6. The first-order valence-corrected chi connectivity index (χ1v) is 8.06. The van der Waals surface area contributed by atoms with E-state index in [1.54, 1.807) is 19.1 Å². The number of nitrogens with one attached hydrogen (secondary N) is 1. The molecule has 0 bridgehead atoms. The second kappa shape index (κ2) is 8.21. The van der Waals surface area contributed by atoms with E-state index in [1.807, 2.05) is 18.2 Å². The first-order chi connectivity index (χ1) is 11.5. The zero-order valence-electron chi connectivity index (χ0n) is 12.9. The lowest BCUT2D eigenvalue weighted by Crippen LogP contribution is -2.24. The molecule has 0 spiro atoms. The quantitative estimate of drug-likeness (QED) is 0.760. The van der Waals surface area contributed by atoms with E-state index in [-0.39, 0.29) is 29.5 Å². The molecule has 1 N–H and O–H groups in total. The number of hydrogen-bond donors (Lipinski definition) is 1. The van der Waals surface area contributed by atoms with Crippen molar-refractivity contribution < 1.29 is 24.2 Å². The van der Waals surface area contributed by atoms with Crippen LogP contribution in [-0.2, 0) is 14.3 Å². The Hall–Kier alpha value is -2.74. The van der Waals surface area contributed by atoms with E-state index < -0.39 is 17.8 Å². The number of carboxylic acid groups (broad SMARTS) is 1. The van der Waals surface area contributed by atoms with Crippen LogP contribution in [0.25, 0.3) is 11.3 Å². The van der Waals surface area contributed by atoms with Gasteiger partial charge < -0.3 is 20.0 Å². The molecule has 0 aliphatic rings. The number of esters is 1. The van der Waals surface area contributed by atoms with Gasteiger partial charge in [-0.05, 0) is 13.3 Å². The number of rotatable bonds is 7. The fourth-order valence-electron chi connectivity index (χ4n) is 1.90. The average Bonchev–Trinajstić information content (AvgIpc) is 2.98. The molecule has 0 saturated carbocycles. The predicted molar refractivity (Wildman–Crippen MR) is 86.4 cm³/mol. The normalized spacial score (nSPS) is 10.2. The van der Waals surface area contributed by atoms with Gasteiger partial charge in [-0.15, -0.1) is 0 Å². The summed E-state index contributed by atoms with van der Waals surface area (Å²) >= 11 is 0.984. The van der Waals surface area contributed by atoms with Crippen LogP contribution in [0.2, 0.25) is 0 Å². The van der Waals surface area contributed by atoms with Crippen LogP contribution in [0.15, 0.2) is 30.3 Å². The molecule has 8 heteroatoms. The van der Waals surface area contributed by atoms with Crippen molar-refractivity contribution in [1.29, 1.82) is 0 Å². The van der Waals surface area contributed by atoms with Crippen molar-refractivity contribution in [1.82, 2.24) is 4.98 Å². The number of carbonyl (C=O) groups excluding carboxylic acids is 3. The van der Waals surface area contributed by atoms with Crippen LogP contribution in [0.1, 0.15) is 29.4 Å². The molecule has 126 valence electrons. The Morgan fingerprint density at radius 2 is 1.92 bits per heavy atom. The largest absolute Gasteiger partial charge is 0.550 e. The number of thiazole rings is 1. The molecule has 0 saturated heterocycles. The van der Waals surface area contributed by atoms with Crippen LogP contribution < -0.4 is 10.4 Å². The van der Waals surface area contributed by atoms with E-state index in [2.05, 4.69) is 10.3 Å². The van der Waals surface area contributed by atoms with Gasteiger partial charge in [0.15, 0.2) is 5.13 Å². The maximum atomic E-state index is 12.1. The van der Waals surface area contributed by atoms with Gasteiger partial charge in [-0.2, -0.15) is 0 Å². The van der Waals surface area contributed by atoms with Crippen molar-refractivity contribution in [3.05, 3.63) is 35.2 Å². The zero-order chi connectivity index (χ0) is 17.5. The van der Waals surface area contributed by atoms with Crippen molar-refractivity contribution in [3.63, 3.8) is 0 Å². The number of aliphatic carboxylic acids is 1. The van der Waals surface area contributed by atoms with Crippen molar-refractivity contribution in [2.45, 2.75) is 19.8 Å². The maximum Gasteiger partial charge on any atom is 0.350 e. The van der Waals surface area contributed by atoms with Crippen molar-refractivity contribution in [2.75, 3.05) is 11.9 Å². The molecule has 0 fully saturated rings. The minimum absolute atomic E-state index is 0.209. The van der Waals surface area contributed by atoms with Crippen LogP contribution in [0.3, 0.4) is 0 Å². The van der Waals surface area contributed by atoms with Crippen molar-refractivity contribution in [3.8, 4) is 11.3 Å². The Labute approximate surface area is 142 Å². The number of anilines is 1. The van der Waals surface area contributed by atoms with Gasteiger partial charge in [0.25, 0.3) is 0 Å². The van der Waals surface area contributed by atoms with Gasteiger partial charge in [-0.1, -0.05) is 41.7 Å². The van der Waals surface area contributed by atoms with Gasteiger partial charge >= 0.3 is 5.97 Å². The summed E-state index contributed by atoms with van der Waals surface area (Å²) in [6.45, 7) is 1.92. The average molecular weight is 347 g/mol. The second-order valence-electron chi connectivity index (χ2n) is 4.70. The summed E-state index contributed by atoms with van der Waals surface area (Å²) in [6.07, 6.45) is -0.606. The lowest BCUT2D eigenvalue weighted by Gasteiger charge is -2.02. The van der Waals surface area contributed by atoms with E-state index in [0.29, 0.717) is 11.3 Å². The first-order valence-electron chi connectivity index (χ1n) is 7.24. The molecule has 7 nitrogen and oxygen atoms in total. The van der Waals surface area contributed by atoms with Gasteiger partial charge in [0.2, 0.25) is 5.91 Å². The number of aromatic nitrogens is 1. The molecule has 1 aromatic carbocycles. The van der Waals surface area contributed by atoms with Crippen LogP contribution in [0.5, 0.6) is 0 Å². The molecule has 1 aromatic heterocycles. The number of hydrogen-bond acceptors (Lipinski definition) is 7. The molecular formula is C16H15N2O5S-. The third-order valence-electron chi connectivity index (χ3n) is 2.94. The van der Waals surface area contributed by atoms with E-state index in [9.17, 15) is 19.5 Å². The molecule has 1 amide bonds. The predicted octanol–water partition coefficient (Wildman–Crippen LogP) is 1.46. The van der Waals surface area contributed by atoms with Gasteiger partial charge in [0.1, 0.15) is 4.88 Å². The fraction of sp³-hybridized carbons (Fsp3) is 0.250. The highest BCUT2D eigenvalue weighted by Crippen LogP contribution is 2.31. The third-order valence-corrected chi connectivity index (χ3v) is 3.89. The molecule has 0 atom stereocenters. The highest BCUT2D eigenvalue weighted by atomic mass is 32.1. The monoisotopic (exact) mass is 347 g/mol. The standard InChI is InChI=1S/C16H16N2O5S/c1-2-23-15(22)14-13(10-6-4-3-5-7-10)18-16(24-14)17-11(19)8-9-12(20)21/h3-7H,2,8-9H2,1H3,(H,20,21)(H,17,18,19)/p-1. The van der Waals surface area contributed by atoms with E-state index in [4.69, 9.17) is 4.74 Å². The minimum atomic E-state index is -1.30. The third kappa shape index (κ3) is 4.63. The maximum absolute atomic E-state index is 12.1. The summed E-state index contributed by atoms with van der Waals surface area (Å²) in [6, 6.07) is 9.03. The lowest BCUT2D eigenvalue weighted by atomic mass is 10.1. The smallest absolute Gasteiger partial charge is 0.350 e. The Bertz CT molecular complexity index is 742.